The Kier molecular flexibility index (Phi) is 7.57. The fourth-order valence-electron chi connectivity index (χ4n) is 6.40. The van der Waals surface area contributed by atoms with Gasteiger partial charge in [-0.25, -0.2) is 9.37 Å². The fourth-order valence-corrected chi connectivity index (χ4v) is 6.64. The number of benzene rings is 1. The molecule has 9 nitrogen and oxygen atoms in total. The number of anilines is 2. The average molecular weight is 617 g/mol. The van der Waals surface area contributed by atoms with Crippen LogP contribution in [0.4, 0.5) is 15.8 Å². The molecular formula is C33H34ClFN6O3. The number of ether oxygens (including phenoxy) is 1. The lowest BCUT2D eigenvalue weighted by Crippen LogP contribution is -2.59. The quantitative estimate of drug-likeness (QED) is 0.234. The largest absolute Gasteiger partial charge is 0.486 e. The van der Waals surface area contributed by atoms with Crippen LogP contribution in [0.5, 0.6) is 5.75 Å². The number of hydrogen-bond donors (Lipinski definition) is 1. The third-order valence-electron chi connectivity index (χ3n) is 8.53. The number of piperazine rings is 1. The SMILES string of the molecule is C=CC(=O)N1CC2CCOc3c(c4cc(Cl)c(-c5c(N)cccc5F)nc4n(-c4c(C)ccnc4C(C)C)c3=O)N2CC1C. The van der Waals surface area contributed by atoms with Crippen LogP contribution in [-0.4, -0.2) is 57.1 Å². The van der Waals surface area contributed by atoms with Crippen molar-refractivity contribution in [2.24, 2.45) is 0 Å². The number of nitrogens with zero attached hydrogens (tertiary/aromatic N) is 5. The molecule has 0 aliphatic carbocycles. The summed E-state index contributed by atoms with van der Waals surface area (Å²) >= 11 is 6.90. The van der Waals surface area contributed by atoms with Crippen molar-refractivity contribution >= 4 is 39.9 Å². The first-order valence-electron chi connectivity index (χ1n) is 14.6. The summed E-state index contributed by atoms with van der Waals surface area (Å²) in [5, 5.41) is 0.729. The van der Waals surface area contributed by atoms with E-state index in [0.717, 1.165) is 5.56 Å². The lowest BCUT2D eigenvalue weighted by molar-refractivity contribution is -0.128. The highest BCUT2D eigenvalue weighted by Crippen LogP contribution is 2.43. The van der Waals surface area contributed by atoms with Gasteiger partial charge in [-0.05, 0) is 55.7 Å². The van der Waals surface area contributed by atoms with E-state index in [1.807, 2.05) is 33.8 Å². The molecule has 0 bridgehead atoms. The third kappa shape index (κ3) is 4.68. The van der Waals surface area contributed by atoms with Crippen molar-refractivity contribution in [2.75, 3.05) is 30.3 Å². The smallest absolute Gasteiger partial charge is 0.301 e. The van der Waals surface area contributed by atoms with Gasteiger partial charge in [0.2, 0.25) is 11.7 Å². The number of fused-ring (bicyclic) bond motifs is 5. The van der Waals surface area contributed by atoms with Crippen molar-refractivity contribution in [1.82, 2.24) is 19.4 Å². The van der Waals surface area contributed by atoms with E-state index in [9.17, 15) is 9.59 Å². The summed E-state index contributed by atoms with van der Waals surface area (Å²) in [6.07, 6.45) is 3.62. The van der Waals surface area contributed by atoms with E-state index in [1.165, 1.54) is 22.8 Å². The number of nitrogens with two attached hydrogens (primary N) is 1. The number of hydrogen-bond acceptors (Lipinski definition) is 7. The third-order valence-corrected chi connectivity index (χ3v) is 8.81. The number of pyridine rings is 3. The zero-order valence-corrected chi connectivity index (χ0v) is 25.9. The summed E-state index contributed by atoms with van der Waals surface area (Å²) in [6.45, 7) is 12.7. The molecule has 1 saturated heterocycles. The molecule has 0 saturated carbocycles. The normalized spacial score (nSPS) is 18.1. The van der Waals surface area contributed by atoms with E-state index >= 15 is 4.39 Å². The summed E-state index contributed by atoms with van der Waals surface area (Å²) in [4.78, 5) is 40.8. The number of halogens is 2. The van der Waals surface area contributed by atoms with Crippen LogP contribution in [-0.2, 0) is 4.79 Å². The molecule has 228 valence electrons. The number of aromatic nitrogens is 3. The summed E-state index contributed by atoms with van der Waals surface area (Å²) in [6, 6.07) is 7.63. The van der Waals surface area contributed by atoms with E-state index in [2.05, 4.69) is 16.5 Å². The molecule has 4 aromatic rings. The molecule has 0 radical (unpaired) electrons. The predicted octanol–water partition coefficient (Wildman–Crippen LogP) is 5.63. The van der Waals surface area contributed by atoms with Gasteiger partial charge in [0.1, 0.15) is 5.82 Å². The van der Waals surface area contributed by atoms with Crippen molar-refractivity contribution in [3.05, 3.63) is 81.6 Å². The number of aryl methyl sites for hydroxylation is 1. The standard InChI is InChI=1S/C33H34ClFN6O3/c1-6-25(42)39-16-20-11-13-44-31-30(40(20)15-19(39)5)21-14-22(34)28(26-23(35)8-7-9-24(26)36)38-32(21)41(33(31)43)29-18(4)10-12-37-27(29)17(2)3/h6-10,12,14,17,19-20H,1,11,13,15-16,36H2,2-5H3. The van der Waals surface area contributed by atoms with E-state index < -0.39 is 11.4 Å². The van der Waals surface area contributed by atoms with Gasteiger partial charge in [0.25, 0.3) is 0 Å². The highest BCUT2D eigenvalue weighted by Gasteiger charge is 2.39. The van der Waals surface area contributed by atoms with Crippen molar-refractivity contribution < 1.29 is 13.9 Å². The maximum absolute atomic E-state index is 15.3. The lowest BCUT2D eigenvalue weighted by atomic mass is 10.0. The number of nitrogen functional groups attached to an aromatic ring is 1. The van der Waals surface area contributed by atoms with Crippen molar-refractivity contribution in [3.63, 3.8) is 0 Å². The van der Waals surface area contributed by atoms with Gasteiger partial charge in [0.05, 0.1) is 46.0 Å². The molecule has 1 fully saturated rings. The molecule has 2 unspecified atom stereocenters. The molecule has 3 aromatic heterocycles. The van der Waals surface area contributed by atoms with Gasteiger partial charge in [-0.2, -0.15) is 0 Å². The topological polar surface area (TPSA) is 107 Å². The van der Waals surface area contributed by atoms with Gasteiger partial charge in [0, 0.05) is 42.8 Å². The molecule has 2 aliphatic rings. The van der Waals surface area contributed by atoms with Crippen LogP contribution in [0.1, 0.15) is 44.4 Å². The van der Waals surface area contributed by atoms with Crippen LogP contribution in [0, 0.1) is 12.7 Å². The maximum atomic E-state index is 15.3. The first kappa shape index (κ1) is 29.6. The molecular weight excluding hydrogens is 583 g/mol. The van der Waals surface area contributed by atoms with Crippen LogP contribution in [0.15, 0.2) is 54.0 Å². The predicted molar refractivity (Wildman–Crippen MR) is 171 cm³/mol. The first-order chi connectivity index (χ1) is 21.0. The highest BCUT2D eigenvalue weighted by molar-refractivity contribution is 6.34. The minimum Gasteiger partial charge on any atom is -0.486 e. The molecule has 1 amide bonds. The Morgan fingerprint density at radius 3 is 2.73 bits per heavy atom. The second kappa shape index (κ2) is 11.2. The number of carbonyl (C=O) groups is 1. The molecule has 6 rings (SSSR count). The molecule has 1 aromatic carbocycles. The second-order valence-corrected chi connectivity index (χ2v) is 12.1. The van der Waals surface area contributed by atoms with Crippen LogP contribution in [0.2, 0.25) is 5.02 Å². The van der Waals surface area contributed by atoms with Crippen LogP contribution in [0.3, 0.4) is 0 Å². The minimum absolute atomic E-state index is 0.0266. The summed E-state index contributed by atoms with van der Waals surface area (Å²) in [7, 11) is 0. The van der Waals surface area contributed by atoms with Gasteiger partial charge in [-0.15, -0.1) is 0 Å². The minimum atomic E-state index is -0.580. The van der Waals surface area contributed by atoms with E-state index in [1.54, 1.807) is 23.2 Å². The Morgan fingerprint density at radius 1 is 1.25 bits per heavy atom. The monoisotopic (exact) mass is 616 g/mol. The van der Waals surface area contributed by atoms with Crippen LogP contribution >= 0.6 is 11.6 Å². The molecule has 44 heavy (non-hydrogen) atoms. The summed E-state index contributed by atoms with van der Waals surface area (Å²) < 4.78 is 23.0. The van der Waals surface area contributed by atoms with Gasteiger partial charge < -0.3 is 20.3 Å². The second-order valence-electron chi connectivity index (χ2n) is 11.7. The summed E-state index contributed by atoms with van der Waals surface area (Å²) in [5.41, 5.74) is 9.09. The number of rotatable bonds is 4. The number of amides is 1. The molecule has 2 aliphatic heterocycles. The highest BCUT2D eigenvalue weighted by atomic mass is 35.5. The van der Waals surface area contributed by atoms with Gasteiger partial charge in [-0.1, -0.05) is 38.1 Å². The van der Waals surface area contributed by atoms with Crippen molar-refractivity contribution in [3.8, 4) is 22.7 Å². The molecule has 2 N–H and O–H groups in total. The lowest BCUT2D eigenvalue weighted by Gasteiger charge is -2.45. The van der Waals surface area contributed by atoms with Crippen LogP contribution in [0.25, 0.3) is 28.0 Å². The molecule has 5 heterocycles. The Hall–Kier alpha value is -4.44. The van der Waals surface area contributed by atoms with Gasteiger partial charge >= 0.3 is 5.56 Å². The average Bonchev–Trinajstić information content (AvgIpc) is 3.17. The Balaban J connectivity index is 1.72. The number of carbonyl (C=O) groups excluding carboxylic acids is 1. The van der Waals surface area contributed by atoms with Gasteiger partial charge in [0.15, 0.2) is 5.65 Å². The molecule has 0 spiro atoms. The Bertz CT molecular complexity index is 1870. The zero-order chi connectivity index (χ0) is 31.4. The van der Waals surface area contributed by atoms with Gasteiger partial charge in [-0.3, -0.25) is 19.1 Å². The van der Waals surface area contributed by atoms with E-state index in [4.69, 9.17) is 27.1 Å². The van der Waals surface area contributed by atoms with Crippen LogP contribution < -0.4 is 20.9 Å². The maximum Gasteiger partial charge on any atom is 0.301 e. The Labute approximate surface area is 259 Å². The fraction of sp³-hybridized carbons (Fsp3) is 0.333. The zero-order valence-electron chi connectivity index (χ0n) is 25.1. The Morgan fingerprint density at radius 2 is 2.02 bits per heavy atom. The molecule has 2 atom stereocenters. The van der Waals surface area contributed by atoms with Crippen molar-refractivity contribution in [2.45, 2.75) is 52.1 Å². The molecule has 11 heteroatoms. The van der Waals surface area contributed by atoms with E-state index in [-0.39, 0.29) is 63.9 Å². The summed E-state index contributed by atoms with van der Waals surface area (Å²) in [5.74, 6) is -0.582. The van der Waals surface area contributed by atoms with E-state index in [0.29, 0.717) is 42.0 Å². The van der Waals surface area contributed by atoms with Crippen molar-refractivity contribution in [1.29, 1.82) is 0 Å². The first-order valence-corrected chi connectivity index (χ1v) is 15.0.